The van der Waals surface area contributed by atoms with Crippen LogP contribution in [0.4, 0.5) is 20.1 Å². The van der Waals surface area contributed by atoms with E-state index in [1.54, 1.807) is 13.1 Å². The highest BCUT2D eigenvalue weighted by atomic mass is 32.1. The molecular weight excluding hydrogens is 625 g/mol. The number of aromatic nitrogens is 4. The molecule has 12 nitrogen and oxygen atoms in total. The fraction of sp³-hybridized carbons (Fsp3) is 0.212. The lowest BCUT2D eigenvalue weighted by Crippen LogP contribution is -2.48. The van der Waals surface area contributed by atoms with Gasteiger partial charge < -0.3 is 29.9 Å². The number of aryl methyl sites for hydroxylation is 1. The molecule has 0 aliphatic carbocycles. The van der Waals surface area contributed by atoms with E-state index >= 15 is 0 Å². The van der Waals surface area contributed by atoms with Gasteiger partial charge >= 0.3 is 6.09 Å². The Balaban J connectivity index is 1.24. The zero-order valence-electron chi connectivity index (χ0n) is 25.5. The molecule has 6 aromatic rings. The number of carbonyl (C=O) groups is 2. The summed E-state index contributed by atoms with van der Waals surface area (Å²) in [4.78, 5) is 39.6. The predicted molar refractivity (Wildman–Crippen MR) is 176 cm³/mol. The van der Waals surface area contributed by atoms with Gasteiger partial charge in [-0.3, -0.25) is 4.79 Å². The Morgan fingerprint density at radius 1 is 1.06 bits per heavy atom. The quantitative estimate of drug-likeness (QED) is 0.134. The highest BCUT2D eigenvalue weighted by molar-refractivity contribution is 7.22. The highest BCUT2D eigenvalue weighted by Crippen LogP contribution is 2.35. The van der Waals surface area contributed by atoms with Gasteiger partial charge in [-0.2, -0.15) is 4.98 Å². The van der Waals surface area contributed by atoms with Crippen LogP contribution in [-0.2, 0) is 16.1 Å². The van der Waals surface area contributed by atoms with Gasteiger partial charge in [0, 0.05) is 30.6 Å². The van der Waals surface area contributed by atoms with Gasteiger partial charge in [-0.25, -0.2) is 19.2 Å². The molecule has 0 unspecified atom stereocenters. The summed E-state index contributed by atoms with van der Waals surface area (Å²) in [6.07, 6.45) is 1.60. The lowest BCUT2D eigenvalue weighted by Gasteiger charge is -2.19. The number of halogens is 1. The highest BCUT2D eigenvalue weighted by Gasteiger charge is 2.24. The van der Waals surface area contributed by atoms with Crippen molar-refractivity contribution in [3.63, 3.8) is 0 Å². The minimum absolute atomic E-state index is 0.00926. The summed E-state index contributed by atoms with van der Waals surface area (Å²) in [6, 6.07) is 18.3. The van der Waals surface area contributed by atoms with Crippen LogP contribution in [0.1, 0.15) is 24.8 Å². The molecule has 0 aliphatic rings. The summed E-state index contributed by atoms with van der Waals surface area (Å²) in [7, 11) is 0. The summed E-state index contributed by atoms with van der Waals surface area (Å²) in [5, 5.41) is 14.3. The molecule has 3 aromatic carbocycles. The number of thiazole rings is 1. The summed E-state index contributed by atoms with van der Waals surface area (Å²) in [6.45, 7) is 4.05. The fourth-order valence-electron chi connectivity index (χ4n) is 4.70. The summed E-state index contributed by atoms with van der Waals surface area (Å²) in [5.41, 5.74) is 1.58. The number of hydrogen-bond donors (Lipinski definition) is 3. The number of fused-ring (bicyclic) bond motifs is 2. The third-order valence-corrected chi connectivity index (χ3v) is 7.98. The van der Waals surface area contributed by atoms with Crippen LogP contribution in [0.25, 0.3) is 32.4 Å². The summed E-state index contributed by atoms with van der Waals surface area (Å²) < 4.78 is 31.4. The molecule has 47 heavy (non-hydrogen) atoms. The number of amides is 2. The van der Waals surface area contributed by atoms with Gasteiger partial charge in [-0.1, -0.05) is 65.9 Å². The molecule has 0 spiro atoms. The average Bonchev–Trinajstić information content (AvgIpc) is 3.72. The van der Waals surface area contributed by atoms with Crippen molar-refractivity contribution < 1.29 is 28.0 Å². The number of nitrogens with zero attached hydrogens (tertiary/aromatic N) is 4. The molecule has 3 aromatic heterocycles. The van der Waals surface area contributed by atoms with Crippen LogP contribution in [0.15, 0.2) is 77.4 Å². The summed E-state index contributed by atoms with van der Waals surface area (Å²) in [5.74, 6) is 0.645. The number of anilines is 2. The predicted octanol–water partition coefficient (Wildman–Crippen LogP) is 6.48. The summed E-state index contributed by atoms with van der Waals surface area (Å²) >= 11 is 1.07. The fourth-order valence-corrected chi connectivity index (χ4v) is 5.65. The van der Waals surface area contributed by atoms with Crippen LogP contribution >= 0.6 is 11.3 Å². The maximum Gasteiger partial charge on any atom is 0.408 e. The lowest BCUT2D eigenvalue weighted by molar-refractivity contribution is -0.117. The maximum absolute atomic E-state index is 14.6. The standard InChI is InChI=1S/C33H30FN7O5S/c1-3-15-44-26-12-11-24(34)27-28(26)47-32(39-27)40-31(42)25(38-33(43)45-18-20-7-5-4-6-8-20)17-36-30-23-16-22(29-37-19(2)46-41-29)10-9-21(23)13-14-35-30/h4-14,16,25H,3,15,17-18H2,1-2H3,(H,35,36)(H,38,43)(H,39,40,42)/t25-/m1/s1. The van der Waals surface area contributed by atoms with E-state index in [0.717, 1.165) is 34.1 Å². The molecule has 3 heterocycles. The van der Waals surface area contributed by atoms with Crippen molar-refractivity contribution in [2.45, 2.75) is 32.9 Å². The molecular formula is C33H30FN7O5S. The topological polar surface area (TPSA) is 153 Å². The Labute approximate surface area is 272 Å². The number of benzene rings is 3. The molecule has 0 radical (unpaired) electrons. The molecule has 3 N–H and O–H groups in total. The third-order valence-electron chi connectivity index (χ3n) is 7.00. The number of rotatable bonds is 12. The van der Waals surface area contributed by atoms with E-state index in [1.807, 2.05) is 61.5 Å². The first kappa shape index (κ1) is 31.4. The molecule has 0 aliphatic heterocycles. The Bertz CT molecular complexity index is 2030. The van der Waals surface area contributed by atoms with Gasteiger partial charge in [0.05, 0.1) is 6.61 Å². The number of pyridine rings is 1. The second kappa shape index (κ2) is 14.2. The van der Waals surface area contributed by atoms with Gasteiger partial charge in [-0.05, 0) is 41.6 Å². The SMILES string of the molecule is CCCOc1ccc(F)c2nc(NC(=O)[C@@H](CNc3nccc4ccc(-c5noc(C)n5)cc34)NC(=O)OCc3ccccc3)sc12. The van der Waals surface area contributed by atoms with Crippen LogP contribution in [0, 0.1) is 12.7 Å². The Morgan fingerprint density at radius 2 is 1.91 bits per heavy atom. The molecule has 0 fully saturated rings. The molecule has 0 saturated carbocycles. The molecule has 1 atom stereocenters. The number of alkyl carbamates (subject to hydrolysis) is 1. The molecule has 14 heteroatoms. The van der Waals surface area contributed by atoms with Crippen molar-refractivity contribution in [2.24, 2.45) is 0 Å². The van der Waals surface area contributed by atoms with Crippen molar-refractivity contribution in [1.29, 1.82) is 0 Å². The Hall–Kier alpha value is -5.63. The van der Waals surface area contributed by atoms with E-state index in [1.165, 1.54) is 12.1 Å². The first-order chi connectivity index (χ1) is 22.9. The van der Waals surface area contributed by atoms with Crippen molar-refractivity contribution in [1.82, 2.24) is 25.4 Å². The van der Waals surface area contributed by atoms with Gasteiger partial charge in [0.25, 0.3) is 5.91 Å². The second-order valence-corrected chi connectivity index (χ2v) is 11.5. The van der Waals surface area contributed by atoms with Crippen LogP contribution < -0.4 is 20.7 Å². The third kappa shape index (κ3) is 7.44. The molecule has 240 valence electrons. The Kier molecular flexibility index (Phi) is 9.48. The number of carbonyl (C=O) groups excluding carboxylic acids is 2. The first-order valence-corrected chi connectivity index (χ1v) is 15.6. The number of hydrogen-bond acceptors (Lipinski definition) is 11. The Morgan fingerprint density at radius 3 is 2.70 bits per heavy atom. The van der Waals surface area contributed by atoms with Crippen LogP contribution in [0.2, 0.25) is 0 Å². The largest absolute Gasteiger partial charge is 0.492 e. The second-order valence-electron chi connectivity index (χ2n) is 10.5. The zero-order chi connectivity index (χ0) is 32.8. The normalized spacial score (nSPS) is 11.7. The van der Waals surface area contributed by atoms with Crippen LogP contribution in [0.3, 0.4) is 0 Å². The van der Waals surface area contributed by atoms with E-state index in [2.05, 4.69) is 36.1 Å². The van der Waals surface area contributed by atoms with Crippen LogP contribution in [0.5, 0.6) is 5.75 Å². The van der Waals surface area contributed by atoms with E-state index in [9.17, 15) is 14.0 Å². The van der Waals surface area contributed by atoms with Crippen molar-refractivity contribution in [3.05, 3.63) is 90.2 Å². The van der Waals surface area contributed by atoms with E-state index in [-0.39, 0.29) is 23.8 Å². The van der Waals surface area contributed by atoms with E-state index < -0.39 is 23.9 Å². The molecule has 6 rings (SSSR count). The first-order valence-electron chi connectivity index (χ1n) is 14.8. The van der Waals surface area contributed by atoms with Crippen molar-refractivity contribution in [2.75, 3.05) is 23.8 Å². The van der Waals surface area contributed by atoms with Gasteiger partial charge in [0.2, 0.25) is 11.7 Å². The number of ether oxygens (including phenoxy) is 2. The van der Waals surface area contributed by atoms with Gasteiger partial charge in [0.15, 0.2) is 10.9 Å². The van der Waals surface area contributed by atoms with Crippen molar-refractivity contribution in [3.8, 4) is 17.1 Å². The van der Waals surface area contributed by atoms with Crippen LogP contribution in [-0.4, -0.2) is 51.3 Å². The monoisotopic (exact) mass is 655 g/mol. The molecule has 0 bridgehead atoms. The van der Waals surface area contributed by atoms with E-state index in [4.69, 9.17) is 14.0 Å². The minimum Gasteiger partial charge on any atom is -0.492 e. The van der Waals surface area contributed by atoms with Gasteiger partial charge in [0.1, 0.15) is 34.4 Å². The molecule has 2 amide bonds. The average molecular weight is 656 g/mol. The zero-order valence-corrected chi connectivity index (χ0v) is 26.3. The van der Waals surface area contributed by atoms with Gasteiger partial charge in [-0.15, -0.1) is 0 Å². The maximum atomic E-state index is 14.6. The molecule has 0 saturated heterocycles. The lowest BCUT2D eigenvalue weighted by atomic mass is 10.1. The number of nitrogens with one attached hydrogen (secondary N) is 3. The smallest absolute Gasteiger partial charge is 0.408 e. The minimum atomic E-state index is -1.15. The van der Waals surface area contributed by atoms with Crippen molar-refractivity contribution >= 4 is 55.3 Å². The van der Waals surface area contributed by atoms with E-state index in [0.29, 0.717) is 40.2 Å².